The van der Waals surface area contributed by atoms with Gasteiger partial charge in [0, 0.05) is 51.2 Å². The molecule has 0 radical (unpaired) electrons. The van der Waals surface area contributed by atoms with Crippen molar-refractivity contribution in [2.24, 2.45) is 0 Å². The van der Waals surface area contributed by atoms with Crippen LogP contribution in [-0.4, -0.2) is 68.5 Å². The van der Waals surface area contributed by atoms with Crippen molar-refractivity contribution in [1.29, 1.82) is 0 Å². The summed E-state index contributed by atoms with van der Waals surface area (Å²) in [6, 6.07) is 2.47. The third-order valence-electron chi connectivity index (χ3n) is 8.27. The second-order valence-corrected chi connectivity index (χ2v) is 11.8. The molecular formula is C30H28ClF2N9O4. The van der Waals surface area contributed by atoms with Crippen molar-refractivity contribution < 1.29 is 18.0 Å². The van der Waals surface area contributed by atoms with E-state index in [1.165, 1.54) is 24.5 Å². The van der Waals surface area contributed by atoms with Crippen LogP contribution in [0.1, 0.15) is 25.8 Å². The number of piperazine rings is 1. The Balaban J connectivity index is 1.16. The van der Waals surface area contributed by atoms with Gasteiger partial charge < -0.3 is 28.7 Å². The van der Waals surface area contributed by atoms with E-state index >= 15 is 4.39 Å². The largest absolute Gasteiger partial charge is 0.403 e. The summed E-state index contributed by atoms with van der Waals surface area (Å²) in [5.74, 6) is -1.38. The molecule has 1 saturated carbocycles. The van der Waals surface area contributed by atoms with Gasteiger partial charge in [0.05, 0.1) is 21.3 Å². The number of nitrogens with one attached hydrogen (secondary N) is 2. The summed E-state index contributed by atoms with van der Waals surface area (Å²) in [7, 11) is 2.00. The Morgan fingerprint density at radius 2 is 1.74 bits per heavy atom. The number of urea groups is 1. The zero-order chi connectivity index (χ0) is 32.3. The molecule has 1 aliphatic carbocycles. The number of pyridine rings is 3. The van der Waals surface area contributed by atoms with E-state index in [-0.39, 0.29) is 50.8 Å². The summed E-state index contributed by atoms with van der Waals surface area (Å²) in [6.07, 6.45) is 4.71. The molecule has 1 saturated heterocycles. The normalized spacial score (nSPS) is 15.5. The summed E-state index contributed by atoms with van der Waals surface area (Å²) in [4.78, 5) is 48.0. The Morgan fingerprint density at radius 3 is 2.46 bits per heavy atom. The number of hydrogen-bond donors (Lipinski definition) is 2. The molecule has 16 heteroatoms. The van der Waals surface area contributed by atoms with Gasteiger partial charge in [-0.1, -0.05) is 16.7 Å². The number of amides is 2. The lowest BCUT2D eigenvalue weighted by Gasteiger charge is -2.33. The van der Waals surface area contributed by atoms with E-state index in [2.05, 4.69) is 30.7 Å². The highest BCUT2D eigenvalue weighted by atomic mass is 35.5. The molecule has 0 spiro atoms. The lowest BCUT2D eigenvalue weighted by atomic mass is 10.1. The Labute approximate surface area is 264 Å². The Bertz CT molecular complexity index is 2150. The first-order valence-corrected chi connectivity index (χ1v) is 15.1. The molecule has 46 heavy (non-hydrogen) atoms. The van der Waals surface area contributed by atoms with Crippen LogP contribution in [-0.2, 0) is 6.54 Å². The van der Waals surface area contributed by atoms with E-state index in [0.29, 0.717) is 30.8 Å². The third-order valence-corrected chi connectivity index (χ3v) is 8.56. The Morgan fingerprint density at radius 1 is 1.00 bits per heavy atom. The van der Waals surface area contributed by atoms with Gasteiger partial charge in [0.2, 0.25) is 10.9 Å². The molecule has 0 atom stereocenters. The SMILES string of the molecule is CCn1cc(-c2nnc(NC(=O)Nc3cn(C4CC4)c4cc(Cl)c(F)cc4c3=O)o2)c(=O)c2cc(F)c(N3CCN(C)CC3)nc21. The van der Waals surface area contributed by atoms with Crippen molar-refractivity contribution in [3.63, 3.8) is 0 Å². The van der Waals surface area contributed by atoms with Crippen molar-refractivity contribution in [3.8, 4) is 11.5 Å². The number of hydrogen-bond acceptors (Lipinski definition) is 9. The summed E-state index contributed by atoms with van der Waals surface area (Å²) in [6.45, 7) is 5.01. The van der Waals surface area contributed by atoms with E-state index in [1.807, 2.05) is 18.9 Å². The number of carbonyl (C=O) groups is 1. The van der Waals surface area contributed by atoms with Crippen LogP contribution >= 0.6 is 11.6 Å². The Hall–Kier alpha value is -4.89. The number of aryl methyl sites for hydroxylation is 1. The van der Waals surface area contributed by atoms with Crippen molar-refractivity contribution in [3.05, 3.63) is 67.7 Å². The van der Waals surface area contributed by atoms with Crippen LogP contribution in [0.4, 0.5) is 31.1 Å². The fourth-order valence-corrected chi connectivity index (χ4v) is 5.79. The highest BCUT2D eigenvalue weighted by molar-refractivity contribution is 6.31. The number of aromatic nitrogens is 5. The molecule has 13 nitrogen and oxygen atoms in total. The first-order chi connectivity index (χ1) is 22.1. The van der Waals surface area contributed by atoms with Gasteiger partial charge in [0.25, 0.3) is 5.89 Å². The fourth-order valence-electron chi connectivity index (χ4n) is 5.63. The summed E-state index contributed by atoms with van der Waals surface area (Å²) >= 11 is 5.96. The second-order valence-electron chi connectivity index (χ2n) is 11.4. The van der Waals surface area contributed by atoms with Gasteiger partial charge >= 0.3 is 12.0 Å². The standard InChI is InChI=1S/C30H28ClF2N9O4/c1-3-40-13-18(24(43)17-11-21(33)27(35-26(17)40)41-8-6-39(2)7-9-41)28-37-38-30(46-28)36-29(45)34-22-14-42(15-4-5-15)23-12-19(31)20(32)10-16(23)25(22)44/h10-15H,3-9H2,1-2H3,(H2,34,36,38,45). The van der Waals surface area contributed by atoms with Gasteiger partial charge in [-0.15, -0.1) is 5.10 Å². The second kappa shape index (κ2) is 11.5. The number of anilines is 3. The van der Waals surface area contributed by atoms with Crippen LogP contribution in [0, 0.1) is 11.6 Å². The first kappa shape index (κ1) is 29.8. The molecule has 2 N–H and O–H groups in total. The average molecular weight is 652 g/mol. The van der Waals surface area contributed by atoms with E-state index in [1.54, 1.807) is 9.13 Å². The molecule has 2 aliphatic rings. The molecule has 2 fully saturated rings. The van der Waals surface area contributed by atoms with E-state index in [4.69, 9.17) is 16.0 Å². The summed E-state index contributed by atoms with van der Waals surface area (Å²) in [5.41, 5.74) is -0.490. The maximum atomic E-state index is 15.3. The molecule has 238 valence electrons. The van der Waals surface area contributed by atoms with Gasteiger partial charge in [-0.2, -0.15) is 0 Å². The van der Waals surface area contributed by atoms with Crippen molar-refractivity contribution in [1.82, 2.24) is 29.2 Å². The van der Waals surface area contributed by atoms with Crippen LogP contribution in [0.5, 0.6) is 0 Å². The topological polar surface area (TPSA) is 143 Å². The smallest absolute Gasteiger partial charge is 0.327 e. The van der Waals surface area contributed by atoms with E-state index < -0.39 is 28.5 Å². The highest BCUT2D eigenvalue weighted by Gasteiger charge is 2.27. The van der Waals surface area contributed by atoms with Crippen LogP contribution < -0.4 is 26.4 Å². The third kappa shape index (κ3) is 5.34. The number of carbonyl (C=O) groups excluding carboxylic acids is 1. The van der Waals surface area contributed by atoms with Crippen molar-refractivity contribution in [2.45, 2.75) is 32.4 Å². The number of nitrogens with zero attached hydrogens (tertiary/aromatic N) is 7. The van der Waals surface area contributed by atoms with E-state index in [9.17, 15) is 18.8 Å². The van der Waals surface area contributed by atoms with Gasteiger partial charge in [-0.25, -0.2) is 18.6 Å². The number of rotatable bonds is 6. The summed E-state index contributed by atoms with van der Waals surface area (Å²) in [5, 5.41) is 12.5. The molecule has 2 amide bonds. The van der Waals surface area contributed by atoms with Gasteiger partial charge in [-0.05, 0) is 45.0 Å². The average Bonchev–Trinajstić information content (AvgIpc) is 3.78. The molecule has 0 bridgehead atoms. The molecule has 1 aliphatic heterocycles. The molecule has 5 heterocycles. The minimum absolute atomic E-state index is 0.00797. The predicted molar refractivity (Wildman–Crippen MR) is 169 cm³/mol. The minimum Gasteiger partial charge on any atom is -0.403 e. The monoisotopic (exact) mass is 651 g/mol. The van der Waals surface area contributed by atoms with Crippen molar-refractivity contribution in [2.75, 3.05) is 48.8 Å². The predicted octanol–water partition coefficient (Wildman–Crippen LogP) is 4.44. The maximum absolute atomic E-state index is 15.3. The van der Waals surface area contributed by atoms with Gasteiger partial charge in [0.1, 0.15) is 22.7 Å². The zero-order valence-electron chi connectivity index (χ0n) is 24.8. The lowest BCUT2D eigenvalue weighted by molar-refractivity contribution is 0.261. The summed E-state index contributed by atoms with van der Waals surface area (Å²) < 4.78 is 38.6. The van der Waals surface area contributed by atoms with Crippen LogP contribution in [0.2, 0.25) is 5.02 Å². The lowest BCUT2D eigenvalue weighted by Crippen LogP contribution is -2.45. The zero-order valence-corrected chi connectivity index (χ0v) is 25.6. The number of fused-ring (bicyclic) bond motifs is 2. The van der Waals surface area contributed by atoms with E-state index in [0.717, 1.165) is 32.0 Å². The van der Waals surface area contributed by atoms with Crippen LogP contribution in [0.3, 0.4) is 0 Å². The molecule has 5 aromatic rings. The number of benzene rings is 1. The number of halogens is 3. The fraction of sp³-hybridized carbons (Fsp3) is 0.333. The maximum Gasteiger partial charge on any atom is 0.327 e. The molecule has 4 aromatic heterocycles. The van der Waals surface area contributed by atoms with Crippen LogP contribution in [0.25, 0.3) is 33.4 Å². The van der Waals surface area contributed by atoms with Gasteiger partial charge in [-0.3, -0.25) is 14.9 Å². The molecule has 0 unspecified atom stereocenters. The quantitative estimate of drug-likeness (QED) is 0.272. The highest BCUT2D eigenvalue weighted by Crippen LogP contribution is 2.38. The minimum atomic E-state index is -0.879. The first-order valence-electron chi connectivity index (χ1n) is 14.7. The van der Waals surface area contributed by atoms with Gasteiger partial charge in [0.15, 0.2) is 11.6 Å². The molecule has 1 aromatic carbocycles. The molecular weight excluding hydrogens is 624 g/mol. The van der Waals surface area contributed by atoms with Crippen LogP contribution in [0.15, 0.2) is 44.6 Å². The number of likely N-dealkylation sites (N-methyl/N-ethyl adjacent to an activating group) is 1. The Kier molecular flexibility index (Phi) is 7.44. The van der Waals surface area contributed by atoms with Crippen molar-refractivity contribution >= 4 is 57.1 Å². The molecule has 7 rings (SSSR count).